The monoisotopic (exact) mass is 502 g/mol. The van der Waals surface area contributed by atoms with Gasteiger partial charge in [0.25, 0.3) is 0 Å². The molecular weight excluding hydrogens is 474 g/mol. The van der Waals surface area contributed by atoms with Gasteiger partial charge >= 0.3 is 24.3 Å². The SMILES string of the molecule is Cc1ccccc1CN1C[C@@H]2COC[C@]2(CN(C)C)C1.O=C(O)C(F)(F)F.O=C(O)C(F)(F)F. The standard InChI is InChI=1S/C17H26N2O.2C2HF3O2/c1-14-6-4-5-7-15(14)8-19-9-16-10-20-13-17(16,12-19)11-18(2)3;2*3-2(4,5)1(6)7/h4-7,16H,8-13H2,1-3H3;2*(H,6,7)/t16-,17+;;/m1../s1. The van der Waals surface area contributed by atoms with Gasteiger partial charge < -0.3 is 19.8 Å². The van der Waals surface area contributed by atoms with E-state index in [9.17, 15) is 26.3 Å². The Kier molecular flexibility index (Phi) is 10.3. The molecule has 13 heteroatoms. The molecule has 2 aliphatic heterocycles. The van der Waals surface area contributed by atoms with Crippen LogP contribution in [0.1, 0.15) is 11.1 Å². The summed E-state index contributed by atoms with van der Waals surface area (Å²) in [5, 5.41) is 14.2. The summed E-state index contributed by atoms with van der Waals surface area (Å²) in [6.45, 7) is 8.66. The van der Waals surface area contributed by atoms with Crippen molar-refractivity contribution >= 4 is 11.9 Å². The van der Waals surface area contributed by atoms with Gasteiger partial charge in [0.2, 0.25) is 0 Å². The number of hydrogen-bond acceptors (Lipinski definition) is 5. The zero-order valence-corrected chi connectivity index (χ0v) is 18.9. The minimum Gasteiger partial charge on any atom is -0.475 e. The molecule has 0 unspecified atom stereocenters. The summed E-state index contributed by atoms with van der Waals surface area (Å²) < 4.78 is 69.3. The highest BCUT2D eigenvalue weighted by atomic mass is 19.4. The van der Waals surface area contributed by atoms with E-state index < -0.39 is 24.3 Å². The maximum absolute atomic E-state index is 10.6. The third-order valence-electron chi connectivity index (χ3n) is 5.36. The number of aliphatic carboxylic acids is 2. The first-order chi connectivity index (χ1) is 15.5. The highest BCUT2D eigenvalue weighted by Crippen LogP contribution is 2.42. The number of halogens is 6. The van der Waals surface area contributed by atoms with E-state index in [0.29, 0.717) is 11.3 Å². The second-order valence-electron chi connectivity index (χ2n) is 8.51. The molecule has 2 N–H and O–H groups in total. The van der Waals surface area contributed by atoms with Crippen LogP contribution in [-0.4, -0.2) is 91.2 Å². The first kappa shape index (κ1) is 29.7. The van der Waals surface area contributed by atoms with Crippen molar-refractivity contribution in [1.29, 1.82) is 0 Å². The summed E-state index contributed by atoms with van der Waals surface area (Å²) in [6, 6.07) is 8.75. The minimum absolute atomic E-state index is 0.353. The van der Waals surface area contributed by atoms with E-state index in [1.54, 1.807) is 0 Å². The Morgan fingerprint density at radius 2 is 1.59 bits per heavy atom. The number of hydrogen-bond donors (Lipinski definition) is 2. The summed E-state index contributed by atoms with van der Waals surface area (Å²) in [7, 11) is 4.35. The quantitative estimate of drug-likeness (QED) is 0.611. The van der Waals surface area contributed by atoms with Crippen molar-refractivity contribution in [2.75, 3.05) is 46.9 Å². The number of benzene rings is 1. The zero-order chi connectivity index (χ0) is 26.3. The van der Waals surface area contributed by atoms with Gasteiger partial charge in [-0.2, -0.15) is 26.3 Å². The molecule has 0 radical (unpaired) electrons. The lowest BCUT2D eigenvalue weighted by Gasteiger charge is -2.30. The largest absolute Gasteiger partial charge is 0.490 e. The van der Waals surface area contributed by atoms with E-state index in [1.165, 1.54) is 24.2 Å². The number of carboxylic acid groups (broad SMARTS) is 2. The lowest BCUT2D eigenvalue weighted by atomic mass is 9.81. The van der Waals surface area contributed by atoms with Crippen molar-refractivity contribution in [3.63, 3.8) is 0 Å². The fourth-order valence-corrected chi connectivity index (χ4v) is 3.95. The topological polar surface area (TPSA) is 90.3 Å². The Hall–Kier alpha value is -2.38. The predicted octanol–water partition coefficient (Wildman–Crippen LogP) is 3.27. The van der Waals surface area contributed by atoms with Crippen molar-refractivity contribution in [2.45, 2.75) is 25.8 Å². The second kappa shape index (κ2) is 11.8. The molecule has 0 bridgehead atoms. The van der Waals surface area contributed by atoms with Gasteiger partial charge in [-0.25, -0.2) is 9.59 Å². The molecule has 34 heavy (non-hydrogen) atoms. The molecule has 194 valence electrons. The van der Waals surface area contributed by atoms with E-state index in [4.69, 9.17) is 24.5 Å². The number of carbonyl (C=O) groups is 2. The lowest BCUT2D eigenvalue weighted by molar-refractivity contribution is -0.193. The van der Waals surface area contributed by atoms with Crippen molar-refractivity contribution in [1.82, 2.24) is 9.80 Å². The van der Waals surface area contributed by atoms with Crippen molar-refractivity contribution in [3.05, 3.63) is 35.4 Å². The molecule has 7 nitrogen and oxygen atoms in total. The number of ether oxygens (including phenoxy) is 1. The van der Waals surface area contributed by atoms with Crippen molar-refractivity contribution in [3.8, 4) is 0 Å². The van der Waals surface area contributed by atoms with E-state index in [2.05, 4.69) is 55.1 Å². The maximum Gasteiger partial charge on any atom is 0.490 e. The van der Waals surface area contributed by atoms with Crippen LogP contribution in [0.5, 0.6) is 0 Å². The zero-order valence-electron chi connectivity index (χ0n) is 18.9. The van der Waals surface area contributed by atoms with E-state index >= 15 is 0 Å². The molecule has 0 spiro atoms. The van der Waals surface area contributed by atoms with Gasteiger partial charge in [-0.15, -0.1) is 0 Å². The normalized spacial score (nSPS) is 22.4. The van der Waals surface area contributed by atoms with Gasteiger partial charge in [-0.3, -0.25) is 4.90 Å². The van der Waals surface area contributed by atoms with Crippen LogP contribution in [0.25, 0.3) is 0 Å². The number of likely N-dealkylation sites (tertiary alicyclic amines) is 1. The summed E-state index contributed by atoms with van der Waals surface area (Å²) in [6.07, 6.45) is -10.2. The summed E-state index contributed by atoms with van der Waals surface area (Å²) in [5.74, 6) is -4.81. The molecule has 2 aliphatic rings. The molecule has 2 atom stereocenters. The molecule has 2 fully saturated rings. The first-order valence-corrected chi connectivity index (χ1v) is 10.1. The molecule has 2 heterocycles. The van der Waals surface area contributed by atoms with E-state index in [-0.39, 0.29) is 0 Å². The predicted molar refractivity (Wildman–Crippen MR) is 109 cm³/mol. The summed E-state index contributed by atoms with van der Waals surface area (Å²) in [5.41, 5.74) is 3.22. The number of rotatable bonds is 4. The van der Waals surface area contributed by atoms with Crippen molar-refractivity contribution < 1.29 is 50.9 Å². The second-order valence-corrected chi connectivity index (χ2v) is 8.51. The number of aryl methyl sites for hydroxylation is 1. The van der Waals surface area contributed by atoms with Gasteiger partial charge in [0.05, 0.1) is 13.2 Å². The van der Waals surface area contributed by atoms with Crippen LogP contribution in [0.4, 0.5) is 26.3 Å². The van der Waals surface area contributed by atoms with Gasteiger partial charge in [0, 0.05) is 37.5 Å². The van der Waals surface area contributed by atoms with Crippen LogP contribution in [0.2, 0.25) is 0 Å². The Balaban J connectivity index is 0.000000343. The van der Waals surface area contributed by atoms with Crippen LogP contribution in [0.15, 0.2) is 24.3 Å². The third-order valence-corrected chi connectivity index (χ3v) is 5.36. The van der Waals surface area contributed by atoms with Crippen LogP contribution < -0.4 is 0 Å². The van der Waals surface area contributed by atoms with E-state index in [1.807, 2.05) is 0 Å². The Morgan fingerprint density at radius 1 is 1.09 bits per heavy atom. The molecule has 0 aromatic heterocycles. The number of fused-ring (bicyclic) bond motifs is 1. The summed E-state index contributed by atoms with van der Waals surface area (Å²) in [4.78, 5) is 22.7. The highest BCUT2D eigenvalue weighted by molar-refractivity contribution is 5.73. The average molecular weight is 502 g/mol. The van der Waals surface area contributed by atoms with Crippen LogP contribution in [0, 0.1) is 18.3 Å². The number of carboxylic acids is 2. The van der Waals surface area contributed by atoms with Gasteiger partial charge in [-0.05, 0) is 32.1 Å². The van der Waals surface area contributed by atoms with E-state index in [0.717, 1.165) is 26.3 Å². The summed E-state index contributed by atoms with van der Waals surface area (Å²) >= 11 is 0. The number of nitrogens with zero attached hydrogens (tertiary/aromatic N) is 2. The Labute approximate surface area is 192 Å². The van der Waals surface area contributed by atoms with Gasteiger partial charge in [0.15, 0.2) is 0 Å². The molecule has 0 amide bonds. The van der Waals surface area contributed by atoms with Crippen LogP contribution in [0.3, 0.4) is 0 Å². The minimum atomic E-state index is -5.08. The lowest BCUT2D eigenvalue weighted by Crippen LogP contribution is -2.40. The van der Waals surface area contributed by atoms with Gasteiger partial charge in [0.1, 0.15) is 0 Å². The smallest absolute Gasteiger partial charge is 0.475 e. The first-order valence-electron chi connectivity index (χ1n) is 10.1. The molecule has 1 aromatic rings. The Morgan fingerprint density at radius 3 is 2.03 bits per heavy atom. The molecule has 0 aliphatic carbocycles. The Bertz CT molecular complexity index is 807. The molecule has 2 saturated heterocycles. The molecule has 3 rings (SSSR count). The van der Waals surface area contributed by atoms with Crippen LogP contribution in [-0.2, 0) is 20.9 Å². The third kappa shape index (κ3) is 9.11. The number of alkyl halides is 6. The van der Waals surface area contributed by atoms with Crippen molar-refractivity contribution in [2.24, 2.45) is 11.3 Å². The highest BCUT2D eigenvalue weighted by Gasteiger charge is 2.50. The fourth-order valence-electron chi connectivity index (χ4n) is 3.95. The molecule has 0 saturated carbocycles. The van der Waals surface area contributed by atoms with Crippen LogP contribution >= 0.6 is 0 Å². The molecule has 1 aromatic carbocycles. The van der Waals surface area contributed by atoms with Gasteiger partial charge in [-0.1, -0.05) is 24.3 Å². The average Bonchev–Trinajstić information content (AvgIpc) is 3.18. The fraction of sp³-hybridized carbons (Fsp3) is 0.619. The maximum atomic E-state index is 10.6. The molecular formula is C21H28F6N2O5.